The molecule has 0 saturated heterocycles. The number of benzene rings is 2. The molecule has 0 bridgehead atoms. The van der Waals surface area contributed by atoms with Crippen molar-refractivity contribution in [1.82, 2.24) is 14.9 Å². The Bertz CT molecular complexity index is 1050. The van der Waals surface area contributed by atoms with Gasteiger partial charge in [-0.1, -0.05) is 23.7 Å². The Balaban J connectivity index is 2.07. The first-order valence-corrected chi connectivity index (χ1v) is 8.65. The van der Waals surface area contributed by atoms with E-state index in [9.17, 15) is 0 Å². The molecule has 0 aliphatic heterocycles. The van der Waals surface area contributed by atoms with Gasteiger partial charge in [-0.05, 0) is 36.5 Å². The highest BCUT2D eigenvalue weighted by atomic mass is 35.5. The standard InChI is InChI=1S/C18H17ClN4O3S/c1-24-14-9-8-11(15(25-2)16(14)26-3)10-20-23-17(21-22-18(23)27)12-6-4-5-7-13(12)19/h4-10H,1-3H3,(H,22,27)/b20-10+. The van der Waals surface area contributed by atoms with Crippen LogP contribution in [0.4, 0.5) is 0 Å². The molecule has 0 radical (unpaired) electrons. The second kappa shape index (κ2) is 8.24. The molecule has 140 valence electrons. The number of aromatic amines is 1. The van der Waals surface area contributed by atoms with Crippen molar-refractivity contribution >= 4 is 30.0 Å². The van der Waals surface area contributed by atoms with E-state index in [0.717, 1.165) is 0 Å². The molecule has 0 unspecified atom stereocenters. The summed E-state index contributed by atoms with van der Waals surface area (Å²) in [5.74, 6) is 2.03. The molecule has 0 saturated carbocycles. The van der Waals surface area contributed by atoms with Gasteiger partial charge in [0.15, 0.2) is 17.3 Å². The van der Waals surface area contributed by atoms with Crippen LogP contribution in [0, 0.1) is 4.77 Å². The van der Waals surface area contributed by atoms with Crippen molar-refractivity contribution in [3.8, 4) is 28.6 Å². The Morgan fingerprint density at radius 1 is 1.07 bits per heavy atom. The molecule has 0 fully saturated rings. The van der Waals surface area contributed by atoms with E-state index < -0.39 is 0 Å². The van der Waals surface area contributed by atoms with Gasteiger partial charge in [-0.25, -0.2) is 5.10 Å². The van der Waals surface area contributed by atoms with E-state index in [1.807, 2.05) is 24.3 Å². The molecule has 1 heterocycles. The maximum Gasteiger partial charge on any atom is 0.216 e. The van der Waals surface area contributed by atoms with E-state index >= 15 is 0 Å². The van der Waals surface area contributed by atoms with Crippen LogP contribution in [0.5, 0.6) is 17.2 Å². The van der Waals surface area contributed by atoms with Gasteiger partial charge >= 0.3 is 0 Å². The molecule has 3 rings (SSSR count). The molecule has 0 atom stereocenters. The first-order chi connectivity index (χ1) is 13.1. The average Bonchev–Trinajstić information content (AvgIpc) is 3.05. The molecule has 2 aromatic carbocycles. The van der Waals surface area contributed by atoms with E-state index in [4.69, 9.17) is 38.0 Å². The van der Waals surface area contributed by atoms with Gasteiger partial charge < -0.3 is 14.2 Å². The fourth-order valence-electron chi connectivity index (χ4n) is 2.56. The van der Waals surface area contributed by atoms with Crippen LogP contribution < -0.4 is 14.2 Å². The van der Waals surface area contributed by atoms with Crippen LogP contribution in [0.15, 0.2) is 41.5 Å². The maximum absolute atomic E-state index is 6.27. The van der Waals surface area contributed by atoms with Gasteiger partial charge in [0.25, 0.3) is 0 Å². The zero-order valence-corrected chi connectivity index (χ0v) is 16.5. The number of rotatable bonds is 6. The lowest BCUT2D eigenvalue weighted by atomic mass is 10.2. The SMILES string of the molecule is COc1ccc(/C=N/n2c(-c3ccccc3Cl)n[nH]c2=S)c(OC)c1OC. The molecule has 1 aromatic heterocycles. The second-order valence-electron chi connectivity index (χ2n) is 5.31. The normalized spacial score (nSPS) is 11.0. The van der Waals surface area contributed by atoms with Gasteiger partial charge in [0.2, 0.25) is 10.5 Å². The van der Waals surface area contributed by atoms with E-state index in [2.05, 4.69) is 15.3 Å². The van der Waals surface area contributed by atoms with Gasteiger partial charge in [-0.3, -0.25) is 0 Å². The zero-order valence-electron chi connectivity index (χ0n) is 14.9. The molecule has 0 spiro atoms. The zero-order chi connectivity index (χ0) is 19.4. The minimum Gasteiger partial charge on any atom is -0.493 e. The fourth-order valence-corrected chi connectivity index (χ4v) is 2.96. The number of hydrogen-bond donors (Lipinski definition) is 1. The van der Waals surface area contributed by atoms with Crippen molar-refractivity contribution in [2.24, 2.45) is 5.10 Å². The summed E-state index contributed by atoms with van der Waals surface area (Å²) in [6, 6.07) is 10.9. The van der Waals surface area contributed by atoms with Gasteiger partial charge in [-0.15, -0.1) is 0 Å². The Morgan fingerprint density at radius 2 is 1.81 bits per heavy atom. The van der Waals surface area contributed by atoms with Crippen molar-refractivity contribution in [3.63, 3.8) is 0 Å². The van der Waals surface area contributed by atoms with Gasteiger partial charge in [0.05, 0.1) is 32.6 Å². The Labute approximate surface area is 166 Å². The smallest absolute Gasteiger partial charge is 0.216 e. The van der Waals surface area contributed by atoms with Crippen LogP contribution in [0.1, 0.15) is 5.56 Å². The summed E-state index contributed by atoms with van der Waals surface area (Å²) >= 11 is 11.6. The van der Waals surface area contributed by atoms with Crippen molar-refractivity contribution in [2.75, 3.05) is 21.3 Å². The molecule has 0 aliphatic rings. The largest absolute Gasteiger partial charge is 0.493 e. The highest BCUT2D eigenvalue weighted by molar-refractivity contribution is 7.71. The molecule has 0 amide bonds. The summed E-state index contributed by atoms with van der Waals surface area (Å²) in [7, 11) is 4.65. The summed E-state index contributed by atoms with van der Waals surface area (Å²) in [6.45, 7) is 0. The first-order valence-electron chi connectivity index (χ1n) is 7.86. The van der Waals surface area contributed by atoms with Crippen LogP contribution in [-0.4, -0.2) is 42.4 Å². The number of H-pyrrole nitrogens is 1. The van der Waals surface area contributed by atoms with E-state index in [1.54, 1.807) is 39.7 Å². The number of hydrogen-bond acceptors (Lipinski definition) is 6. The molecule has 3 aromatic rings. The van der Waals surface area contributed by atoms with Crippen molar-refractivity contribution < 1.29 is 14.2 Å². The third-order valence-electron chi connectivity index (χ3n) is 3.81. The highest BCUT2D eigenvalue weighted by Gasteiger charge is 2.15. The lowest BCUT2D eigenvalue weighted by Gasteiger charge is -2.13. The predicted octanol–water partition coefficient (Wildman–Crippen LogP) is 4.17. The summed E-state index contributed by atoms with van der Waals surface area (Å²) in [6.07, 6.45) is 1.60. The minimum absolute atomic E-state index is 0.334. The molecule has 27 heavy (non-hydrogen) atoms. The number of methoxy groups -OCH3 is 3. The minimum atomic E-state index is 0.334. The van der Waals surface area contributed by atoms with Gasteiger partial charge in [0.1, 0.15) is 0 Å². The fraction of sp³-hybridized carbons (Fsp3) is 0.167. The summed E-state index contributed by atoms with van der Waals surface area (Å²) < 4.78 is 18.0. The Kier molecular flexibility index (Phi) is 5.78. The predicted molar refractivity (Wildman–Crippen MR) is 107 cm³/mol. The van der Waals surface area contributed by atoms with E-state index in [1.165, 1.54) is 4.68 Å². The molecular weight excluding hydrogens is 388 g/mol. The van der Waals surface area contributed by atoms with Crippen LogP contribution in [0.25, 0.3) is 11.4 Å². The third kappa shape index (κ3) is 3.67. The Morgan fingerprint density at radius 3 is 2.48 bits per heavy atom. The van der Waals surface area contributed by atoms with Crippen LogP contribution in [-0.2, 0) is 0 Å². The molecule has 7 nitrogen and oxygen atoms in total. The number of nitrogens with one attached hydrogen (secondary N) is 1. The van der Waals surface area contributed by atoms with Gasteiger partial charge in [0, 0.05) is 11.1 Å². The van der Waals surface area contributed by atoms with E-state index in [0.29, 0.717) is 44.0 Å². The topological polar surface area (TPSA) is 73.7 Å². The van der Waals surface area contributed by atoms with Crippen molar-refractivity contribution in [2.45, 2.75) is 0 Å². The summed E-state index contributed by atoms with van der Waals surface area (Å²) in [4.78, 5) is 0. The Hall–Kier alpha value is -2.84. The number of ether oxygens (including phenoxy) is 3. The van der Waals surface area contributed by atoms with Gasteiger partial charge in [-0.2, -0.15) is 14.9 Å². The quantitative estimate of drug-likeness (QED) is 0.493. The summed E-state index contributed by atoms with van der Waals surface area (Å²) in [5.41, 5.74) is 1.39. The molecule has 0 aliphatic carbocycles. The number of aromatic nitrogens is 3. The first kappa shape index (κ1) is 18.9. The molecule has 9 heteroatoms. The monoisotopic (exact) mass is 404 g/mol. The molecular formula is C18H17ClN4O3S. The van der Waals surface area contributed by atoms with Crippen LogP contribution in [0.3, 0.4) is 0 Å². The lowest BCUT2D eigenvalue weighted by molar-refractivity contribution is 0.324. The number of nitrogens with zero attached hydrogens (tertiary/aromatic N) is 3. The van der Waals surface area contributed by atoms with Crippen molar-refractivity contribution in [1.29, 1.82) is 0 Å². The van der Waals surface area contributed by atoms with Crippen LogP contribution in [0.2, 0.25) is 5.02 Å². The number of halogens is 1. The second-order valence-corrected chi connectivity index (χ2v) is 6.11. The third-order valence-corrected chi connectivity index (χ3v) is 4.41. The van der Waals surface area contributed by atoms with E-state index in [-0.39, 0.29) is 0 Å². The lowest BCUT2D eigenvalue weighted by Crippen LogP contribution is -2.00. The average molecular weight is 405 g/mol. The summed E-state index contributed by atoms with van der Waals surface area (Å²) in [5, 5.41) is 12.0. The van der Waals surface area contributed by atoms with Crippen LogP contribution >= 0.6 is 23.8 Å². The van der Waals surface area contributed by atoms with Crippen molar-refractivity contribution in [3.05, 3.63) is 51.8 Å². The maximum atomic E-state index is 6.27. The molecule has 1 N–H and O–H groups in total. The highest BCUT2D eigenvalue weighted by Crippen LogP contribution is 2.39.